The lowest BCUT2D eigenvalue weighted by Crippen LogP contribution is -2.18. The number of ether oxygens (including phenoxy) is 2. The molecule has 0 radical (unpaired) electrons. The van der Waals surface area contributed by atoms with Gasteiger partial charge in [0.1, 0.15) is 17.1 Å². The first-order chi connectivity index (χ1) is 13.4. The van der Waals surface area contributed by atoms with E-state index >= 15 is 0 Å². The van der Waals surface area contributed by atoms with Gasteiger partial charge >= 0.3 is 0 Å². The van der Waals surface area contributed by atoms with Crippen molar-refractivity contribution in [1.82, 2.24) is 9.55 Å². The average Bonchev–Trinajstić information content (AvgIpc) is 2.67. The summed E-state index contributed by atoms with van der Waals surface area (Å²) in [6.07, 6.45) is 1.28. The van der Waals surface area contributed by atoms with Crippen molar-refractivity contribution in [2.24, 2.45) is 4.99 Å². The van der Waals surface area contributed by atoms with Gasteiger partial charge in [-0.2, -0.15) is 0 Å². The van der Waals surface area contributed by atoms with Gasteiger partial charge in [0, 0.05) is 24.4 Å². The van der Waals surface area contributed by atoms with E-state index in [1.54, 1.807) is 24.3 Å². The Morgan fingerprint density at radius 3 is 2.43 bits per heavy atom. The van der Waals surface area contributed by atoms with Crippen LogP contribution in [0, 0.1) is 11.7 Å². The van der Waals surface area contributed by atoms with Crippen molar-refractivity contribution in [1.29, 1.82) is 0 Å². The molecule has 0 saturated carbocycles. The summed E-state index contributed by atoms with van der Waals surface area (Å²) < 4.78 is 11.9. The van der Waals surface area contributed by atoms with Gasteiger partial charge in [-0.15, -0.1) is 0 Å². The van der Waals surface area contributed by atoms with Crippen LogP contribution in [-0.2, 0) is 0 Å². The monoisotopic (exact) mass is 397 g/mol. The SMILES string of the molecule is COc1cc(N=Cc2c(O)n(-c3cccc(C)c3)c(=S)[nH]c2=O)cc(OC)c1. The highest BCUT2D eigenvalue weighted by Crippen LogP contribution is 2.28. The maximum Gasteiger partial charge on any atom is 0.264 e. The highest BCUT2D eigenvalue weighted by Gasteiger charge is 2.13. The van der Waals surface area contributed by atoms with E-state index in [0.717, 1.165) is 5.56 Å². The second-order valence-electron chi connectivity index (χ2n) is 6.00. The Labute approximate surface area is 166 Å². The number of aromatic hydroxyl groups is 1. The molecule has 2 aromatic carbocycles. The molecule has 0 atom stereocenters. The topological polar surface area (TPSA) is 88.8 Å². The number of hydrogen-bond donors (Lipinski definition) is 2. The number of methoxy groups -OCH3 is 2. The number of hydrogen-bond acceptors (Lipinski definition) is 6. The van der Waals surface area contributed by atoms with Gasteiger partial charge in [-0.3, -0.25) is 19.3 Å². The van der Waals surface area contributed by atoms with Crippen LogP contribution in [0.1, 0.15) is 11.1 Å². The van der Waals surface area contributed by atoms with Crippen LogP contribution >= 0.6 is 12.2 Å². The van der Waals surface area contributed by atoms with E-state index in [-0.39, 0.29) is 16.2 Å². The zero-order valence-electron chi connectivity index (χ0n) is 15.6. The van der Waals surface area contributed by atoms with Crippen LogP contribution in [0.15, 0.2) is 52.3 Å². The van der Waals surface area contributed by atoms with Crippen LogP contribution in [0.25, 0.3) is 5.69 Å². The van der Waals surface area contributed by atoms with Crippen molar-refractivity contribution >= 4 is 24.1 Å². The molecule has 0 bridgehead atoms. The van der Waals surface area contributed by atoms with Gasteiger partial charge in [-0.25, -0.2) is 0 Å². The molecule has 0 fully saturated rings. The molecule has 7 nitrogen and oxygen atoms in total. The fourth-order valence-electron chi connectivity index (χ4n) is 2.67. The van der Waals surface area contributed by atoms with Crippen LogP contribution in [0.5, 0.6) is 17.4 Å². The van der Waals surface area contributed by atoms with Gasteiger partial charge in [0.2, 0.25) is 5.88 Å². The number of H-pyrrole nitrogens is 1. The summed E-state index contributed by atoms with van der Waals surface area (Å²) in [7, 11) is 3.07. The number of aromatic nitrogens is 2. The molecule has 0 unspecified atom stereocenters. The standard InChI is InChI=1S/C20H19N3O4S/c1-12-5-4-6-14(7-12)23-19(25)17(18(24)22-20(23)28)11-21-13-8-15(26-2)10-16(9-13)27-3/h4-11,25H,1-3H3,(H,22,24,28). The second kappa shape index (κ2) is 8.10. The quantitative estimate of drug-likeness (QED) is 0.506. The molecule has 8 heteroatoms. The minimum absolute atomic E-state index is 0.0168. The molecule has 0 aliphatic heterocycles. The maximum atomic E-state index is 12.3. The van der Waals surface area contributed by atoms with Crippen LogP contribution in [0.2, 0.25) is 0 Å². The van der Waals surface area contributed by atoms with Crippen molar-refractivity contribution in [3.8, 4) is 23.1 Å². The number of aromatic amines is 1. The van der Waals surface area contributed by atoms with E-state index in [1.165, 1.54) is 25.0 Å². The van der Waals surface area contributed by atoms with E-state index in [2.05, 4.69) is 9.98 Å². The highest BCUT2D eigenvalue weighted by atomic mass is 32.1. The van der Waals surface area contributed by atoms with Crippen molar-refractivity contribution in [2.75, 3.05) is 14.2 Å². The molecule has 1 heterocycles. The predicted octanol–water partition coefficient (Wildman–Crippen LogP) is 3.68. The summed E-state index contributed by atoms with van der Waals surface area (Å²) in [5, 5.41) is 10.7. The third kappa shape index (κ3) is 3.96. The summed E-state index contributed by atoms with van der Waals surface area (Å²) in [6, 6.07) is 12.5. The largest absolute Gasteiger partial charge is 0.497 e. The minimum atomic E-state index is -0.537. The Kier molecular flexibility index (Phi) is 5.60. The number of aliphatic imine (C=N–C) groups is 1. The molecule has 3 aromatic rings. The lowest BCUT2D eigenvalue weighted by molar-refractivity contribution is 0.394. The maximum absolute atomic E-state index is 12.3. The molecule has 3 rings (SSSR count). The molecule has 144 valence electrons. The summed E-state index contributed by atoms with van der Waals surface area (Å²) in [5.74, 6) is 0.818. The normalized spacial score (nSPS) is 11.0. The number of aryl methyl sites for hydroxylation is 1. The molecule has 2 N–H and O–H groups in total. The first kappa shape index (κ1) is 19.4. The lowest BCUT2D eigenvalue weighted by atomic mass is 10.2. The molecule has 0 spiro atoms. The molecule has 0 aliphatic carbocycles. The molecular weight excluding hydrogens is 378 g/mol. The molecule has 0 amide bonds. The van der Waals surface area contributed by atoms with Crippen LogP contribution < -0.4 is 15.0 Å². The molecular formula is C20H19N3O4S. The predicted molar refractivity (Wildman–Crippen MR) is 110 cm³/mol. The second-order valence-corrected chi connectivity index (χ2v) is 6.39. The average molecular weight is 397 g/mol. The van der Waals surface area contributed by atoms with Crippen LogP contribution in [-0.4, -0.2) is 35.1 Å². The first-order valence-electron chi connectivity index (χ1n) is 8.35. The van der Waals surface area contributed by atoms with Gasteiger partial charge in [0.25, 0.3) is 5.56 Å². The number of nitrogens with zero attached hydrogens (tertiary/aromatic N) is 2. The number of rotatable bonds is 5. The Morgan fingerprint density at radius 1 is 1.14 bits per heavy atom. The molecule has 28 heavy (non-hydrogen) atoms. The Morgan fingerprint density at radius 2 is 1.82 bits per heavy atom. The van der Waals surface area contributed by atoms with E-state index in [4.69, 9.17) is 21.7 Å². The zero-order valence-corrected chi connectivity index (χ0v) is 16.4. The third-order valence-electron chi connectivity index (χ3n) is 4.06. The zero-order chi connectivity index (χ0) is 20.3. The van der Waals surface area contributed by atoms with Gasteiger partial charge in [-0.1, -0.05) is 12.1 Å². The minimum Gasteiger partial charge on any atom is -0.497 e. The molecule has 0 aliphatic rings. The van der Waals surface area contributed by atoms with Crippen molar-refractivity contribution in [3.63, 3.8) is 0 Å². The van der Waals surface area contributed by atoms with Crippen molar-refractivity contribution in [2.45, 2.75) is 6.92 Å². The molecule has 1 aromatic heterocycles. The third-order valence-corrected chi connectivity index (χ3v) is 4.34. The van der Waals surface area contributed by atoms with E-state index in [0.29, 0.717) is 22.9 Å². The summed E-state index contributed by atoms with van der Waals surface area (Å²) >= 11 is 5.23. The summed E-state index contributed by atoms with van der Waals surface area (Å²) in [4.78, 5) is 19.2. The fraction of sp³-hybridized carbons (Fsp3) is 0.150. The Balaban J connectivity index is 2.11. The van der Waals surface area contributed by atoms with Crippen LogP contribution in [0.4, 0.5) is 5.69 Å². The highest BCUT2D eigenvalue weighted by molar-refractivity contribution is 7.71. The Bertz CT molecular complexity index is 1140. The van der Waals surface area contributed by atoms with Gasteiger partial charge < -0.3 is 14.6 Å². The van der Waals surface area contributed by atoms with Gasteiger partial charge in [-0.05, 0) is 36.8 Å². The lowest BCUT2D eigenvalue weighted by Gasteiger charge is -2.11. The fourth-order valence-corrected chi connectivity index (χ4v) is 2.95. The van der Waals surface area contributed by atoms with E-state index in [1.807, 2.05) is 25.1 Å². The summed E-state index contributed by atoms with van der Waals surface area (Å²) in [5.41, 5.74) is 1.57. The number of nitrogens with one attached hydrogen (secondary N) is 1. The van der Waals surface area contributed by atoms with E-state index < -0.39 is 5.56 Å². The van der Waals surface area contributed by atoms with Gasteiger partial charge in [0.05, 0.1) is 25.6 Å². The van der Waals surface area contributed by atoms with E-state index in [9.17, 15) is 9.90 Å². The smallest absolute Gasteiger partial charge is 0.264 e. The summed E-state index contributed by atoms with van der Waals surface area (Å²) in [6.45, 7) is 1.92. The first-order valence-corrected chi connectivity index (χ1v) is 8.76. The number of benzene rings is 2. The van der Waals surface area contributed by atoms with Crippen molar-refractivity contribution < 1.29 is 14.6 Å². The van der Waals surface area contributed by atoms with Crippen LogP contribution in [0.3, 0.4) is 0 Å². The van der Waals surface area contributed by atoms with Crippen molar-refractivity contribution in [3.05, 3.63) is 68.7 Å². The van der Waals surface area contributed by atoms with Gasteiger partial charge in [0.15, 0.2) is 4.77 Å². The Hall–Kier alpha value is -3.39. The molecule has 0 saturated heterocycles.